The van der Waals surface area contributed by atoms with Gasteiger partial charge in [-0.1, -0.05) is 0 Å². The van der Waals surface area contributed by atoms with Crippen LogP contribution < -0.4 is 5.32 Å². The molecule has 2 fully saturated rings. The number of ether oxygens (including phenoxy) is 2. The van der Waals surface area contributed by atoms with E-state index < -0.39 is 0 Å². The smallest absolute Gasteiger partial charge is 0.240 e. The molecule has 0 saturated carbocycles. The van der Waals surface area contributed by atoms with Gasteiger partial charge < -0.3 is 14.8 Å². The summed E-state index contributed by atoms with van der Waals surface area (Å²) in [6, 6.07) is 6.15. The molecule has 3 heterocycles. The largest absolute Gasteiger partial charge is 0.377 e. The average Bonchev–Trinajstić information content (AvgIpc) is 3.34. The first-order valence-electron chi connectivity index (χ1n) is 9.48. The molecule has 4 rings (SSSR count). The van der Waals surface area contributed by atoms with E-state index >= 15 is 0 Å². The standard InChI is InChI=1S/C20H24FN3O3S/c1-26-17-11-24(9-8-20(17)7-2-10-27-20)12-18(25)23-19-22-16(13-28-19)14-3-5-15(21)6-4-14/h3-6,13,17H,2,7-12H2,1H3,(H,22,23,25)/t17-,20+/m0/s1. The lowest BCUT2D eigenvalue weighted by Crippen LogP contribution is -2.57. The summed E-state index contributed by atoms with van der Waals surface area (Å²) in [7, 11) is 1.71. The van der Waals surface area contributed by atoms with E-state index in [4.69, 9.17) is 9.47 Å². The van der Waals surface area contributed by atoms with E-state index in [1.807, 2.05) is 5.38 Å². The lowest BCUT2D eigenvalue weighted by molar-refractivity contribution is -0.145. The van der Waals surface area contributed by atoms with E-state index in [2.05, 4.69) is 15.2 Å². The summed E-state index contributed by atoms with van der Waals surface area (Å²) in [6.45, 7) is 2.58. The van der Waals surface area contributed by atoms with Gasteiger partial charge in [0.25, 0.3) is 0 Å². The third kappa shape index (κ3) is 4.10. The van der Waals surface area contributed by atoms with Crippen LogP contribution in [0.1, 0.15) is 19.3 Å². The Morgan fingerprint density at radius 1 is 1.43 bits per heavy atom. The van der Waals surface area contributed by atoms with Crippen molar-refractivity contribution in [2.75, 3.05) is 38.7 Å². The highest BCUT2D eigenvalue weighted by Crippen LogP contribution is 2.37. The Kier molecular flexibility index (Phi) is 5.73. The molecule has 0 bridgehead atoms. The number of carbonyl (C=O) groups excluding carboxylic acids is 1. The summed E-state index contributed by atoms with van der Waals surface area (Å²) in [5.74, 6) is -0.383. The lowest BCUT2D eigenvalue weighted by atomic mass is 9.86. The summed E-state index contributed by atoms with van der Waals surface area (Å²) in [6.07, 6.45) is 2.96. The Morgan fingerprint density at radius 3 is 2.96 bits per heavy atom. The number of amides is 1. The van der Waals surface area contributed by atoms with Gasteiger partial charge in [0.1, 0.15) is 5.82 Å². The van der Waals surface area contributed by atoms with Gasteiger partial charge in [-0.25, -0.2) is 9.37 Å². The van der Waals surface area contributed by atoms with Crippen LogP contribution in [0.5, 0.6) is 0 Å². The number of piperidine rings is 1. The van der Waals surface area contributed by atoms with E-state index in [1.165, 1.54) is 23.5 Å². The molecule has 2 aromatic rings. The van der Waals surface area contributed by atoms with Gasteiger partial charge in [-0.05, 0) is 43.5 Å². The van der Waals surface area contributed by atoms with Gasteiger partial charge in [0.15, 0.2) is 5.13 Å². The number of methoxy groups -OCH3 is 1. The van der Waals surface area contributed by atoms with Crippen molar-refractivity contribution in [1.82, 2.24) is 9.88 Å². The highest BCUT2D eigenvalue weighted by atomic mass is 32.1. The predicted molar refractivity (Wildman–Crippen MR) is 106 cm³/mol. The van der Waals surface area contributed by atoms with E-state index in [-0.39, 0.29) is 23.4 Å². The van der Waals surface area contributed by atoms with Gasteiger partial charge in [0.05, 0.1) is 23.9 Å². The molecular formula is C20H24FN3O3S. The minimum atomic E-state index is -0.284. The predicted octanol–water partition coefficient (Wildman–Crippen LogP) is 3.16. The minimum absolute atomic E-state index is 0.0125. The summed E-state index contributed by atoms with van der Waals surface area (Å²) in [4.78, 5) is 19.0. The number of thiazole rings is 1. The molecule has 2 saturated heterocycles. The Morgan fingerprint density at radius 2 is 2.25 bits per heavy atom. The number of nitrogens with one attached hydrogen (secondary N) is 1. The molecule has 150 valence electrons. The number of benzene rings is 1. The van der Waals surface area contributed by atoms with Crippen molar-refractivity contribution in [2.24, 2.45) is 0 Å². The van der Waals surface area contributed by atoms with Crippen LogP contribution in [0.15, 0.2) is 29.6 Å². The Bertz CT molecular complexity index is 820. The van der Waals surface area contributed by atoms with Gasteiger partial charge in [-0.15, -0.1) is 11.3 Å². The number of halogens is 1. The summed E-state index contributed by atoms with van der Waals surface area (Å²) in [5.41, 5.74) is 1.36. The van der Waals surface area contributed by atoms with Crippen molar-refractivity contribution in [3.63, 3.8) is 0 Å². The number of likely N-dealkylation sites (tertiary alicyclic amines) is 1. The van der Waals surface area contributed by atoms with Crippen LogP contribution in [-0.4, -0.2) is 60.8 Å². The fraction of sp³-hybridized carbons (Fsp3) is 0.500. The minimum Gasteiger partial charge on any atom is -0.377 e. The van der Waals surface area contributed by atoms with Crippen molar-refractivity contribution in [2.45, 2.75) is 31.0 Å². The van der Waals surface area contributed by atoms with Crippen LogP contribution in [0, 0.1) is 5.82 Å². The second-order valence-corrected chi connectivity index (χ2v) is 8.18. The normalized spacial score (nSPS) is 25.3. The number of hydrogen-bond donors (Lipinski definition) is 1. The van der Waals surface area contributed by atoms with Crippen LogP contribution >= 0.6 is 11.3 Å². The zero-order valence-electron chi connectivity index (χ0n) is 15.8. The Labute approximate surface area is 167 Å². The Hall–Kier alpha value is -1.87. The maximum absolute atomic E-state index is 13.1. The molecule has 0 aliphatic carbocycles. The molecule has 1 aromatic carbocycles. The molecule has 2 atom stereocenters. The maximum atomic E-state index is 13.1. The average molecular weight is 405 g/mol. The fourth-order valence-corrected chi connectivity index (χ4v) is 4.79. The first-order valence-corrected chi connectivity index (χ1v) is 10.4. The summed E-state index contributed by atoms with van der Waals surface area (Å²) >= 11 is 1.36. The van der Waals surface area contributed by atoms with Crippen molar-refractivity contribution in [1.29, 1.82) is 0 Å². The molecule has 1 aromatic heterocycles. The third-order valence-electron chi connectivity index (χ3n) is 5.54. The molecule has 28 heavy (non-hydrogen) atoms. The molecule has 0 radical (unpaired) electrons. The third-order valence-corrected chi connectivity index (χ3v) is 6.30. The van der Waals surface area contributed by atoms with Crippen LogP contribution in [-0.2, 0) is 14.3 Å². The molecule has 1 N–H and O–H groups in total. The van der Waals surface area contributed by atoms with E-state index in [0.717, 1.165) is 43.7 Å². The van der Waals surface area contributed by atoms with Gasteiger partial charge in [-0.2, -0.15) is 0 Å². The molecule has 0 unspecified atom stereocenters. The molecular weight excluding hydrogens is 381 g/mol. The van der Waals surface area contributed by atoms with Crippen molar-refractivity contribution < 1.29 is 18.7 Å². The quantitative estimate of drug-likeness (QED) is 0.828. The highest BCUT2D eigenvalue weighted by Gasteiger charge is 2.46. The van der Waals surface area contributed by atoms with Gasteiger partial charge in [-0.3, -0.25) is 9.69 Å². The fourth-order valence-electron chi connectivity index (χ4n) is 4.05. The lowest BCUT2D eigenvalue weighted by Gasteiger charge is -2.44. The zero-order valence-corrected chi connectivity index (χ0v) is 16.6. The van der Waals surface area contributed by atoms with Crippen LogP contribution in [0.25, 0.3) is 11.3 Å². The molecule has 6 nitrogen and oxygen atoms in total. The number of nitrogens with zero attached hydrogens (tertiary/aromatic N) is 2. The second kappa shape index (κ2) is 8.24. The van der Waals surface area contributed by atoms with Gasteiger partial charge in [0.2, 0.25) is 5.91 Å². The first-order chi connectivity index (χ1) is 13.6. The topological polar surface area (TPSA) is 63.7 Å². The van der Waals surface area contributed by atoms with E-state index in [0.29, 0.717) is 18.2 Å². The number of rotatable bonds is 5. The number of aromatic nitrogens is 1. The molecule has 8 heteroatoms. The first kappa shape index (κ1) is 19.4. The molecule has 1 amide bonds. The number of hydrogen-bond acceptors (Lipinski definition) is 6. The van der Waals surface area contributed by atoms with Crippen LogP contribution in [0.2, 0.25) is 0 Å². The SMILES string of the molecule is CO[C@H]1CN(CC(=O)Nc2nc(-c3ccc(F)cc3)cs2)CC[C@]12CCCO2. The molecule has 2 aliphatic heterocycles. The van der Waals surface area contributed by atoms with Crippen LogP contribution in [0.3, 0.4) is 0 Å². The van der Waals surface area contributed by atoms with Crippen molar-refractivity contribution in [3.05, 3.63) is 35.5 Å². The molecule has 1 spiro atoms. The summed E-state index contributed by atoms with van der Waals surface area (Å²) < 4.78 is 24.7. The zero-order chi connectivity index (χ0) is 19.6. The van der Waals surface area contributed by atoms with Gasteiger partial charge in [0, 0.05) is 37.7 Å². The van der Waals surface area contributed by atoms with E-state index in [9.17, 15) is 9.18 Å². The van der Waals surface area contributed by atoms with Crippen molar-refractivity contribution in [3.8, 4) is 11.3 Å². The van der Waals surface area contributed by atoms with E-state index in [1.54, 1.807) is 19.2 Å². The van der Waals surface area contributed by atoms with Gasteiger partial charge >= 0.3 is 0 Å². The summed E-state index contributed by atoms with van der Waals surface area (Å²) in [5, 5.41) is 5.26. The van der Waals surface area contributed by atoms with Crippen LogP contribution in [0.4, 0.5) is 9.52 Å². The van der Waals surface area contributed by atoms with Crippen molar-refractivity contribution >= 4 is 22.4 Å². The monoisotopic (exact) mass is 405 g/mol. The highest BCUT2D eigenvalue weighted by molar-refractivity contribution is 7.14. The number of carbonyl (C=O) groups is 1. The maximum Gasteiger partial charge on any atom is 0.240 e. The second-order valence-electron chi connectivity index (χ2n) is 7.32. The Balaban J connectivity index is 1.33. The molecule has 2 aliphatic rings. The number of anilines is 1.